The lowest BCUT2D eigenvalue weighted by Crippen LogP contribution is -2.44. The maximum atomic E-state index is 11.9. The van der Waals surface area contributed by atoms with Crippen LogP contribution >= 0.6 is 0 Å². The Morgan fingerprint density at radius 1 is 1.25 bits per heavy atom. The van der Waals surface area contributed by atoms with Crippen molar-refractivity contribution in [3.8, 4) is 0 Å². The van der Waals surface area contributed by atoms with Crippen LogP contribution in [0.2, 0.25) is 0 Å². The molecule has 1 amide bonds. The Morgan fingerprint density at radius 2 is 1.80 bits per heavy atom. The second kappa shape index (κ2) is 6.92. The summed E-state index contributed by atoms with van der Waals surface area (Å²) in [5, 5.41) is 3.15. The van der Waals surface area contributed by atoms with Gasteiger partial charge in [0.05, 0.1) is 0 Å². The number of alkyl halides is 3. The van der Waals surface area contributed by atoms with Gasteiger partial charge in [-0.05, 0) is 32.7 Å². The molecular weight excluding hydrogens is 277 g/mol. The minimum atomic E-state index is -5.07. The standard InChI is InChI=1S/C12H19F3N2O3/c1-16-8-3-5-9(6-4-8)17(2)10(18)7-20-11(19)12(13,14)15/h8-9,16H,3-7H2,1-2H3. The Hall–Kier alpha value is -1.31. The number of halogens is 3. The van der Waals surface area contributed by atoms with Crippen LogP contribution in [0.1, 0.15) is 25.7 Å². The summed E-state index contributed by atoms with van der Waals surface area (Å²) in [6, 6.07) is 0.398. The Morgan fingerprint density at radius 3 is 2.25 bits per heavy atom. The van der Waals surface area contributed by atoms with E-state index in [0.29, 0.717) is 6.04 Å². The molecule has 5 nitrogen and oxygen atoms in total. The van der Waals surface area contributed by atoms with Crippen molar-refractivity contribution in [1.29, 1.82) is 0 Å². The number of rotatable bonds is 4. The van der Waals surface area contributed by atoms with Crippen LogP contribution in [0.5, 0.6) is 0 Å². The first-order chi connectivity index (χ1) is 9.25. The fourth-order valence-electron chi connectivity index (χ4n) is 2.27. The van der Waals surface area contributed by atoms with Crippen LogP contribution in [0.15, 0.2) is 0 Å². The molecule has 1 aliphatic carbocycles. The van der Waals surface area contributed by atoms with E-state index in [-0.39, 0.29) is 6.04 Å². The van der Waals surface area contributed by atoms with E-state index >= 15 is 0 Å². The van der Waals surface area contributed by atoms with Crippen molar-refractivity contribution in [2.75, 3.05) is 20.7 Å². The summed E-state index contributed by atoms with van der Waals surface area (Å²) < 4.78 is 39.7. The largest absolute Gasteiger partial charge is 0.490 e. The molecule has 1 fully saturated rings. The molecule has 0 bridgehead atoms. The molecule has 1 rings (SSSR count). The highest BCUT2D eigenvalue weighted by Gasteiger charge is 2.41. The predicted molar refractivity (Wildman–Crippen MR) is 64.9 cm³/mol. The average molecular weight is 296 g/mol. The van der Waals surface area contributed by atoms with Crippen LogP contribution in [0.25, 0.3) is 0 Å². The molecule has 0 heterocycles. The first-order valence-corrected chi connectivity index (χ1v) is 6.42. The van der Waals surface area contributed by atoms with E-state index in [0.717, 1.165) is 25.7 Å². The highest BCUT2D eigenvalue weighted by Crippen LogP contribution is 2.22. The number of esters is 1. The number of nitrogens with zero attached hydrogens (tertiary/aromatic N) is 1. The SMILES string of the molecule is CNC1CCC(N(C)C(=O)COC(=O)C(F)(F)F)CC1. The molecule has 8 heteroatoms. The van der Waals surface area contributed by atoms with E-state index in [1.165, 1.54) is 11.9 Å². The smallest absolute Gasteiger partial charge is 0.449 e. The topological polar surface area (TPSA) is 58.6 Å². The molecular formula is C12H19F3N2O3. The number of ether oxygens (including phenoxy) is 1. The second-order valence-corrected chi connectivity index (χ2v) is 4.87. The predicted octanol–water partition coefficient (Wildman–Crippen LogP) is 1.08. The van der Waals surface area contributed by atoms with Crippen LogP contribution in [0, 0.1) is 0 Å². The van der Waals surface area contributed by atoms with Gasteiger partial charge in [-0.3, -0.25) is 4.79 Å². The fraction of sp³-hybridized carbons (Fsp3) is 0.833. The van der Waals surface area contributed by atoms with E-state index in [9.17, 15) is 22.8 Å². The van der Waals surface area contributed by atoms with Crippen molar-refractivity contribution < 1.29 is 27.5 Å². The number of likely N-dealkylation sites (N-methyl/N-ethyl adjacent to an activating group) is 1. The van der Waals surface area contributed by atoms with Gasteiger partial charge in [0, 0.05) is 19.1 Å². The zero-order chi connectivity index (χ0) is 15.3. The van der Waals surface area contributed by atoms with Gasteiger partial charge in [0.25, 0.3) is 5.91 Å². The maximum Gasteiger partial charge on any atom is 0.490 e. The summed E-state index contributed by atoms with van der Waals surface area (Å²) in [6.07, 6.45) is -1.70. The van der Waals surface area contributed by atoms with Crippen LogP contribution < -0.4 is 5.32 Å². The van der Waals surface area contributed by atoms with E-state index < -0.39 is 24.7 Å². The lowest BCUT2D eigenvalue weighted by atomic mass is 9.90. The van der Waals surface area contributed by atoms with E-state index in [4.69, 9.17) is 0 Å². The molecule has 0 saturated heterocycles. The van der Waals surface area contributed by atoms with E-state index in [1.807, 2.05) is 7.05 Å². The summed E-state index contributed by atoms with van der Waals surface area (Å²) in [5.41, 5.74) is 0. The van der Waals surface area contributed by atoms with Crippen LogP contribution in [-0.4, -0.2) is 55.7 Å². The zero-order valence-electron chi connectivity index (χ0n) is 11.5. The molecule has 116 valence electrons. The summed E-state index contributed by atoms with van der Waals surface area (Å²) in [7, 11) is 3.39. The van der Waals surface area contributed by atoms with Gasteiger partial charge in [-0.25, -0.2) is 4.79 Å². The lowest BCUT2D eigenvalue weighted by molar-refractivity contribution is -0.200. The third kappa shape index (κ3) is 4.66. The van der Waals surface area contributed by atoms with Gasteiger partial charge >= 0.3 is 12.1 Å². The summed E-state index contributed by atoms with van der Waals surface area (Å²) in [6.45, 7) is -0.874. The number of amides is 1. The number of nitrogens with one attached hydrogen (secondary N) is 1. The first-order valence-electron chi connectivity index (χ1n) is 6.42. The molecule has 0 atom stereocenters. The second-order valence-electron chi connectivity index (χ2n) is 4.87. The van der Waals surface area contributed by atoms with Crippen LogP contribution in [-0.2, 0) is 14.3 Å². The van der Waals surface area contributed by atoms with Gasteiger partial charge in [0.2, 0.25) is 0 Å². The minimum absolute atomic E-state index is 0.0170. The molecule has 0 aromatic rings. The Labute approximate surface area is 115 Å². The lowest BCUT2D eigenvalue weighted by Gasteiger charge is -2.34. The summed E-state index contributed by atoms with van der Waals surface area (Å²) in [4.78, 5) is 23.6. The molecule has 0 aromatic heterocycles. The third-order valence-corrected chi connectivity index (χ3v) is 3.60. The van der Waals surface area contributed by atoms with Crippen molar-refractivity contribution in [2.24, 2.45) is 0 Å². The third-order valence-electron chi connectivity index (χ3n) is 3.60. The molecule has 1 N–H and O–H groups in total. The highest BCUT2D eigenvalue weighted by atomic mass is 19.4. The fourth-order valence-corrected chi connectivity index (χ4v) is 2.27. The van der Waals surface area contributed by atoms with Gasteiger partial charge in [-0.1, -0.05) is 0 Å². The number of carbonyl (C=O) groups excluding carboxylic acids is 2. The molecule has 0 unspecified atom stereocenters. The zero-order valence-corrected chi connectivity index (χ0v) is 11.5. The maximum absolute atomic E-state index is 11.9. The number of carbonyl (C=O) groups is 2. The van der Waals surface area contributed by atoms with Crippen LogP contribution in [0.4, 0.5) is 13.2 Å². The Kier molecular flexibility index (Phi) is 5.79. The summed E-state index contributed by atoms with van der Waals surface area (Å²) in [5.74, 6) is -2.95. The minimum Gasteiger partial charge on any atom is -0.449 e. The van der Waals surface area contributed by atoms with Gasteiger partial charge in [0.15, 0.2) is 6.61 Å². The quantitative estimate of drug-likeness (QED) is 0.789. The molecule has 0 radical (unpaired) electrons. The van der Waals surface area contributed by atoms with E-state index in [1.54, 1.807) is 0 Å². The van der Waals surface area contributed by atoms with Crippen molar-refractivity contribution in [3.63, 3.8) is 0 Å². The average Bonchev–Trinajstić information content (AvgIpc) is 2.42. The molecule has 20 heavy (non-hydrogen) atoms. The molecule has 0 aliphatic heterocycles. The molecule has 0 aromatic carbocycles. The van der Waals surface area contributed by atoms with Gasteiger partial charge in [-0.15, -0.1) is 0 Å². The Balaban J connectivity index is 2.38. The molecule has 0 spiro atoms. The number of hydrogen-bond donors (Lipinski definition) is 1. The van der Waals surface area contributed by atoms with Crippen molar-refractivity contribution in [2.45, 2.75) is 43.9 Å². The first kappa shape index (κ1) is 16.7. The Bertz CT molecular complexity index is 352. The normalized spacial score (nSPS) is 23.2. The van der Waals surface area contributed by atoms with Crippen molar-refractivity contribution in [3.05, 3.63) is 0 Å². The number of hydrogen-bond acceptors (Lipinski definition) is 4. The monoisotopic (exact) mass is 296 g/mol. The van der Waals surface area contributed by atoms with Gasteiger partial charge < -0.3 is 15.0 Å². The van der Waals surface area contributed by atoms with Gasteiger partial charge in [0.1, 0.15) is 0 Å². The summed E-state index contributed by atoms with van der Waals surface area (Å²) >= 11 is 0. The highest BCUT2D eigenvalue weighted by molar-refractivity contribution is 5.82. The van der Waals surface area contributed by atoms with Crippen LogP contribution in [0.3, 0.4) is 0 Å². The van der Waals surface area contributed by atoms with E-state index in [2.05, 4.69) is 10.1 Å². The van der Waals surface area contributed by atoms with Crippen molar-refractivity contribution >= 4 is 11.9 Å². The molecule has 1 saturated carbocycles. The molecule has 1 aliphatic rings. The van der Waals surface area contributed by atoms with Gasteiger partial charge in [-0.2, -0.15) is 13.2 Å². The van der Waals surface area contributed by atoms with Crippen molar-refractivity contribution in [1.82, 2.24) is 10.2 Å².